The molecule has 0 radical (unpaired) electrons. The molecule has 0 N–H and O–H groups in total. The summed E-state index contributed by atoms with van der Waals surface area (Å²) in [5, 5.41) is 0. The number of sulfonamides is 1. The second kappa shape index (κ2) is 8.06. The minimum absolute atomic E-state index is 0.0531. The molecule has 4 rings (SSSR count). The highest BCUT2D eigenvalue weighted by molar-refractivity contribution is 9.10. The van der Waals surface area contributed by atoms with E-state index in [0.29, 0.717) is 37.4 Å². The Balaban J connectivity index is 1.52. The van der Waals surface area contributed by atoms with Gasteiger partial charge < -0.3 is 4.90 Å². The lowest BCUT2D eigenvalue weighted by molar-refractivity contribution is 0.0604. The fourth-order valence-corrected chi connectivity index (χ4v) is 7.26. The molecule has 2 aliphatic rings. The zero-order valence-electron chi connectivity index (χ0n) is 16.2. The molecule has 29 heavy (non-hydrogen) atoms. The molecule has 0 saturated carbocycles. The minimum Gasteiger partial charge on any atom is -0.323 e. The maximum atomic E-state index is 13.2. The number of carbonyl (C=O) groups excluding carboxylic acids is 1. The molecule has 5 nitrogen and oxygen atoms in total. The molecule has 0 aromatic heterocycles. The average molecular weight is 495 g/mol. The maximum absolute atomic E-state index is 13.2. The number of carbonyl (C=O) groups is 1. The molecule has 0 atom stereocenters. The van der Waals surface area contributed by atoms with Crippen LogP contribution in [0.15, 0.2) is 57.9 Å². The molecule has 2 fully saturated rings. The summed E-state index contributed by atoms with van der Waals surface area (Å²) in [6.07, 6.45) is 1.29. The highest BCUT2D eigenvalue weighted by Gasteiger charge is 2.48. The molecular weight excluding hydrogens is 472 g/mol. The van der Waals surface area contributed by atoms with Crippen LogP contribution in [0.1, 0.15) is 28.8 Å². The number of thioether (sulfide) groups is 1. The molecule has 2 aromatic rings. The fraction of sp³-hybridized carbons (Fsp3) is 0.381. The summed E-state index contributed by atoms with van der Waals surface area (Å²) < 4.78 is 28.4. The molecule has 8 heteroatoms. The van der Waals surface area contributed by atoms with Crippen molar-refractivity contribution in [3.63, 3.8) is 0 Å². The molecule has 154 valence electrons. The van der Waals surface area contributed by atoms with Crippen molar-refractivity contribution >= 4 is 43.6 Å². The van der Waals surface area contributed by atoms with Crippen molar-refractivity contribution in [2.75, 3.05) is 25.4 Å². The van der Waals surface area contributed by atoms with Gasteiger partial charge in [-0.15, -0.1) is 11.8 Å². The van der Waals surface area contributed by atoms with Gasteiger partial charge in [0.15, 0.2) is 0 Å². The van der Waals surface area contributed by atoms with Crippen LogP contribution in [-0.4, -0.2) is 53.8 Å². The van der Waals surface area contributed by atoms with Gasteiger partial charge in [0.05, 0.1) is 9.77 Å². The van der Waals surface area contributed by atoms with E-state index in [0.717, 1.165) is 21.4 Å². The van der Waals surface area contributed by atoms with Crippen LogP contribution in [0, 0.1) is 6.92 Å². The van der Waals surface area contributed by atoms with Crippen LogP contribution in [-0.2, 0) is 10.0 Å². The molecule has 2 aliphatic heterocycles. The van der Waals surface area contributed by atoms with Crippen molar-refractivity contribution in [1.29, 1.82) is 0 Å². The third-order valence-corrected chi connectivity index (χ3v) is 9.75. The van der Waals surface area contributed by atoms with Crippen molar-refractivity contribution in [2.24, 2.45) is 0 Å². The molecular formula is C21H23BrN2O3S2. The Morgan fingerprint density at radius 2 is 1.69 bits per heavy atom. The summed E-state index contributed by atoms with van der Waals surface area (Å²) in [5.41, 5.74) is 1.71. The first-order valence-corrected chi connectivity index (χ1v) is 12.8. The molecule has 2 saturated heterocycles. The smallest absolute Gasteiger partial charge is 0.255 e. The second-order valence-electron chi connectivity index (χ2n) is 7.42. The third kappa shape index (κ3) is 3.87. The lowest BCUT2D eigenvalue weighted by Gasteiger charge is -2.43. The van der Waals surface area contributed by atoms with Gasteiger partial charge >= 0.3 is 0 Å². The lowest BCUT2D eigenvalue weighted by Crippen LogP contribution is -2.53. The van der Waals surface area contributed by atoms with Gasteiger partial charge in [-0.05, 0) is 55.7 Å². The van der Waals surface area contributed by atoms with Gasteiger partial charge in [-0.1, -0.05) is 34.1 Å². The standard InChI is InChI=1S/C21H23BrN2O3S2/c1-16-4-2-3-5-19(16)20(25)24-14-15-28-21(24)10-12-23(13-11-21)29(26,27)18-8-6-17(22)7-9-18/h2-9H,10-15H2,1H3. The van der Waals surface area contributed by atoms with Gasteiger partial charge in [0, 0.05) is 35.4 Å². The molecule has 1 spiro atoms. The second-order valence-corrected chi connectivity index (χ2v) is 11.7. The Hall–Kier alpha value is -1.35. The predicted octanol–water partition coefficient (Wildman–Crippen LogP) is 4.13. The third-order valence-electron chi connectivity index (χ3n) is 5.75. The van der Waals surface area contributed by atoms with Crippen molar-refractivity contribution < 1.29 is 13.2 Å². The lowest BCUT2D eigenvalue weighted by atomic mass is 10.0. The largest absolute Gasteiger partial charge is 0.323 e. The summed E-state index contributed by atoms with van der Waals surface area (Å²) in [6.45, 7) is 3.50. The van der Waals surface area contributed by atoms with Crippen LogP contribution in [0.3, 0.4) is 0 Å². The average Bonchev–Trinajstić information content (AvgIpc) is 3.11. The van der Waals surface area contributed by atoms with E-state index in [9.17, 15) is 13.2 Å². The van der Waals surface area contributed by atoms with Gasteiger partial charge in [0.1, 0.15) is 0 Å². The van der Waals surface area contributed by atoms with Crippen LogP contribution >= 0.6 is 27.7 Å². The highest BCUT2D eigenvalue weighted by Crippen LogP contribution is 2.45. The molecule has 0 bridgehead atoms. The van der Waals surface area contributed by atoms with Crippen molar-refractivity contribution in [3.8, 4) is 0 Å². The van der Waals surface area contributed by atoms with Crippen molar-refractivity contribution in [1.82, 2.24) is 9.21 Å². The quantitative estimate of drug-likeness (QED) is 0.643. The van der Waals surface area contributed by atoms with Gasteiger partial charge in [-0.25, -0.2) is 8.42 Å². The molecule has 1 amide bonds. The van der Waals surface area contributed by atoms with E-state index in [1.165, 1.54) is 0 Å². The molecule has 2 aromatic carbocycles. The number of benzene rings is 2. The summed E-state index contributed by atoms with van der Waals surface area (Å²) in [4.78, 5) is 15.2. The van der Waals surface area contributed by atoms with Gasteiger partial charge in [0.25, 0.3) is 5.91 Å². The Kier molecular flexibility index (Phi) is 5.81. The van der Waals surface area contributed by atoms with Crippen molar-refractivity contribution in [3.05, 3.63) is 64.1 Å². The number of nitrogens with zero attached hydrogens (tertiary/aromatic N) is 2. The number of aryl methyl sites for hydroxylation is 1. The summed E-state index contributed by atoms with van der Waals surface area (Å²) >= 11 is 5.13. The Bertz CT molecular complexity index is 1020. The number of halogens is 1. The van der Waals surface area contributed by atoms with Gasteiger partial charge in [-0.3, -0.25) is 4.79 Å². The van der Waals surface area contributed by atoms with E-state index in [1.807, 2.05) is 36.1 Å². The molecule has 0 unspecified atom stereocenters. The monoisotopic (exact) mass is 494 g/mol. The minimum atomic E-state index is -3.52. The van der Waals surface area contributed by atoms with Crippen LogP contribution in [0.2, 0.25) is 0 Å². The summed E-state index contributed by atoms with van der Waals surface area (Å²) in [6, 6.07) is 14.4. The Morgan fingerprint density at radius 3 is 2.34 bits per heavy atom. The van der Waals surface area contributed by atoms with E-state index >= 15 is 0 Å². The van der Waals surface area contributed by atoms with Crippen LogP contribution in [0.5, 0.6) is 0 Å². The number of hydrogen-bond donors (Lipinski definition) is 0. The normalized spacial score (nSPS) is 19.6. The van der Waals surface area contributed by atoms with Crippen LogP contribution < -0.4 is 0 Å². The molecule has 0 aliphatic carbocycles. The number of piperidine rings is 1. The first-order chi connectivity index (χ1) is 13.8. The number of amides is 1. The SMILES string of the molecule is Cc1ccccc1C(=O)N1CCSC12CCN(S(=O)(=O)c1ccc(Br)cc1)CC2. The van der Waals surface area contributed by atoms with Crippen LogP contribution in [0.25, 0.3) is 0 Å². The Morgan fingerprint density at radius 1 is 1.03 bits per heavy atom. The summed E-state index contributed by atoms with van der Waals surface area (Å²) in [5.74, 6) is 0.939. The number of hydrogen-bond acceptors (Lipinski definition) is 4. The zero-order valence-corrected chi connectivity index (χ0v) is 19.4. The first-order valence-electron chi connectivity index (χ1n) is 9.61. The summed E-state index contributed by atoms with van der Waals surface area (Å²) in [7, 11) is -3.52. The molecule has 2 heterocycles. The van der Waals surface area contributed by atoms with E-state index in [-0.39, 0.29) is 10.8 Å². The predicted molar refractivity (Wildman–Crippen MR) is 120 cm³/mol. The number of rotatable bonds is 3. The zero-order chi connectivity index (χ0) is 20.6. The van der Waals surface area contributed by atoms with Crippen molar-refractivity contribution in [2.45, 2.75) is 29.5 Å². The first kappa shape index (κ1) is 20.9. The van der Waals surface area contributed by atoms with Gasteiger partial charge in [-0.2, -0.15) is 4.31 Å². The van der Waals surface area contributed by atoms with E-state index in [1.54, 1.807) is 40.3 Å². The van der Waals surface area contributed by atoms with E-state index in [2.05, 4.69) is 15.9 Å². The Labute approximate surface area is 184 Å². The topological polar surface area (TPSA) is 57.7 Å². The maximum Gasteiger partial charge on any atom is 0.255 e. The van der Waals surface area contributed by atoms with Gasteiger partial charge in [0.2, 0.25) is 10.0 Å². The van der Waals surface area contributed by atoms with Crippen LogP contribution in [0.4, 0.5) is 0 Å². The highest BCUT2D eigenvalue weighted by atomic mass is 79.9. The van der Waals surface area contributed by atoms with E-state index in [4.69, 9.17) is 0 Å². The van der Waals surface area contributed by atoms with E-state index < -0.39 is 10.0 Å². The fourth-order valence-electron chi connectivity index (χ4n) is 4.10.